The van der Waals surface area contributed by atoms with Gasteiger partial charge in [-0.1, -0.05) is 158 Å². The minimum atomic E-state index is 0.636. The van der Waals surface area contributed by atoms with Crippen LogP contribution in [0.1, 0.15) is 11.1 Å². The van der Waals surface area contributed by atoms with Crippen molar-refractivity contribution >= 4 is 10.9 Å². The average molecular weight is 604 g/mol. The Labute approximate surface area is 275 Å². The molecule has 0 radical (unpaired) electrons. The maximum Gasteiger partial charge on any atom is 0.235 e. The van der Waals surface area contributed by atoms with E-state index >= 15 is 0 Å². The molecule has 8 rings (SSSR count). The van der Waals surface area contributed by atoms with Gasteiger partial charge in [0.25, 0.3) is 0 Å². The van der Waals surface area contributed by atoms with Gasteiger partial charge < -0.3 is 0 Å². The lowest BCUT2D eigenvalue weighted by Gasteiger charge is -2.17. The maximum atomic E-state index is 5.38. The van der Waals surface area contributed by atoms with Crippen LogP contribution in [0.15, 0.2) is 164 Å². The smallest absolute Gasteiger partial charge is 0.235 e. The van der Waals surface area contributed by atoms with Crippen LogP contribution in [-0.2, 0) is 0 Å². The van der Waals surface area contributed by atoms with E-state index in [4.69, 9.17) is 9.97 Å². The zero-order valence-corrected chi connectivity index (χ0v) is 26.4. The number of para-hydroxylation sites is 1. The number of fused-ring (bicyclic) bond motifs is 1. The third-order valence-corrected chi connectivity index (χ3v) is 8.94. The van der Waals surface area contributed by atoms with E-state index in [0.717, 1.165) is 55.8 Å². The van der Waals surface area contributed by atoms with E-state index in [-0.39, 0.29) is 0 Å². The second-order valence-corrected chi connectivity index (χ2v) is 11.9. The number of rotatable bonds is 6. The molecule has 0 atom stereocenters. The average Bonchev–Trinajstić information content (AvgIpc) is 3.48. The van der Waals surface area contributed by atoms with Crippen molar-refractivity contribution in [2.45, 2.75) is 13.8 Å². The molecule has 3 nitrogen and oxygen atoms in total. The first-order chi connectivity index (χ1) is 23.2. The van der Waals surface area contributed by atoms with E-state index in [0.29, 0.717) is 5.95 Å². The summed E-state index contributed by atoms with van der Waals surface area (Å²) in [5.74, 6) is 0.636. The first kappa shape index (κ1) is 28.4. The number of aryl methyl sites for hydroxylation is 2. The molecular formula is C44H33N3. The van der Waals surface area contributed by atoms with Gasteiger partial charge in [0.15, 0.2) is 0 Å². The van der Waals surface area contributed by atoms with Crippen LogP contribution in [0.5, 0.6) is 0 Å². The quantitative estimate of drug-likeness (QED) is 0.189. The van der Waals surface area contributed by atoms with E-state index in [1.165, 1.54) is 22.3 Å². The summed E-state index contributed by atoms with van der Waals surface area (Å²) in [5.41, 5.74) is 14.2. The van der Waals surface area contributed by atoms with Gasteiger partial charge in [-0.15, -0.1) is 0 Å². The fourth-order valence-corrected chi connectivity index (χ4v) is 6.66. The Kier molecular flexibility index (Phi) is 7.28. The van der Waals surface area contributed by atoms with Crippen LogP contribution >= 0.6 is 0 Å². The molecule has 6 aromatic carbocycles. The van der Waals surface area contributed by atoms with Crippen molar-refractivity contribution in [1.29, 1.82) is 0 Å². The molecule has 2 heterocycles. The molecule has 0 N–H and O–H groups in total. The molecule has 0 spiro atoms. The number of benzene rings is 6. The summed E-state index contributed by atoms with van der Waals surface area (Å²) in [6.45, 7) is 4.38. The monoisotopic (exact) mass is 603 g/mol. The zero-order valence-electron chi connectivity index (χ0n) is 26.4. The van der Waals surface area contributed by atoms with Crippen LogP contribution in [0.3, 0.4) is 0 Å². The van der Waals surface area contributed by atoms with E-state index in [9.17, 15) is 0 Å². The highest BCUT2D eigenvalue weighted by molar-refractivity contribution is 6.11. The highest BCUT2D eigenvalue weighted by atomic mass is 15.2. The first-order valence-corrected chi connectivity index (χ1v) is 16.0. The molecule has 0 aliphatic heterocycles. The molecule has 47 heavy (non-hydrogen) atoms. The molecule has 224 valence electrons. The Morgan fingerprint density at radius 1 is 0.426 bits per heavy atom. The number of nitrogens with zero attached hydrogens (tertiary/aromatic N) is 3. The predicted molar refractivity (Wildman–Crippen MR) is 196 cm³/mol. The van der Waals surface area contributed by atoms with Crippen LogP contribution in [0.2, 0.25) is 0 Å². The van der Waals surface area contributed by atoms with Crippen LogP contribution in [-0.4, -0.2) is 14.5 Å². The van der Waals surface area contributed by atoms with Gasteiger partial charge in [0.2, 0.25) is 5.95 Å². The van der Waals surface area contributed by atoms with Gasteiger partial charge in [0.1, 0.15) is 0 Å². The van der Waals surface area contributed by atoms with Crippen molar-refractivity contribution < 1.29 is 0 Å². The Bertz CT molecular complexity index is 2300. The van der Waals surface area contributed by atoms with Crippen molar-refractivity contribution in [3.63, 3.8) is 0 Å². The third-order valence-electron chi connectivity index (χ3n) is 8.94. The fourth-order valence-electron chi connectivity index (χ4n) is 6.66. The van der Waals surface area contributed by atoms with Crippen molar-refractivity contribution in [1.82, 2.24) is 14.5 Å². The molecule has 0 unspecified atom stereocenters. The molecule has 8 aromatic rings. The molecule has 0 fully saturated rings. The predicted octanol–water partition coefficient (Wildman–Crippen LogP) is 11.4. The normalized spacial score (nSPS) is 11.2. The standard InChI is InChI=1S/C44H33N3/c1-30-17-12-14-25-35(30)41-38-28-16-27-37(32-19-6-3-7-20-32)42(38)47(43(41)36-26-15-13-18-31(36)2)44-45-39(33-21-8-4-9-22-33)29-40(46-44)34-23-10-5-11-24-34/h3-29H,1-2H3. The summed E-state index contributed by atoms with van der Waals surface area (Å²) in [6.07, 6.45) is 0. The SMILES string of the molecule is Cc1ccccc1-c1c(-c2ccccc2C)n(-c2nc(-c3ccccc3)cc(-c3ccccc3)n2)c2c(-c3ccccc3)cccc12. The minimum absolute atomic E-state index is 0.636. The van der Waals surface area contributed by atoms with Crippen molar-refractivity contribution in [2.24, 2.45) is 0 Å². The molecule has 0 saturated heterocycles. The summed E-state index contributed by atoms with van der Waals surface area (Å²) in [4.78, 5) is 10.8. The van der Waals surface area contributed by atoms with Crippen molar-refractivity contribution in [2.75, 3.05) is 0 Å². The lowest BCUT2D eigenvalue weighted by Crippen LogP contribution is -2.07. The summed E-state index contributed by atoms with van der Waals surface area (Å²) in [6, 6.07) is 57.5. The van der Waals surface area contributed by atoms with E-state index < -0.39 is 0 Å². The second-order valence-electron chi connectivity index (χ2n) is 11.9. The lowest BCUT2D eigenvalue weighted by atomic mass is 9.93. The van der Waals surface area contributed by atoms with Crippen molar-refractivity contribution in [3.8, 4) is 62.0 Å². The Morgan fingerprint density at radius 2 is 0.894 bits per heavy atom. The van der Waals surface area contributed by atoms with Gasteiger partial charge in [-0.25, -0.2) is 9.97 Å². The Balaban J connectivity index is 1.58. The molecule has 0 amide bonds. The molecule has 0 bridgehead atoms. The number of hydrogen-bond donors (Lipinski definition) is 0. The van der Waals surface area contributed by atoms with E-state index in [1.807, 2.05) is 12.1 Å². The summed E-state index contributed by atoms with van der Waals surface area (Å²) in [7, 11) is 0. The highest BCUT2D eigenvalue weighted by Gasteiger charge is 2.27. The van der Waals surface area contributed by atoms with Crippen LogP contribution < -0.4 is 0 Å². The minimum Gasteiger partial charge on any atom is -0.277 e. The molecule has 0 saturated carbocycles. The van der Waals surface area contributed by atoms with Gasteiger partial charge in [-0.3, -0.25) is 4.57 Å². The number of aromatic nitrogens is 3. The van der Waals surface area contributed by atoms with E-state index in [1.54, 1.807) is 0 Å². The van der Waals surface area contributed by atoms with E-state index in [2.05, 4.69) is 170 Å². The topological polar surface area (TPSA) is 30.7 Å². The highest BCUT2D eigenvalue weighted by Crippen LogP contribution is 2.47. The molecular weight excluding hydrogens is 571 g/mol. The van der Waals surface area contributed by atoms with Crippen LogP contribution in [0.4, 0.5) is 0 Å². The summed E-state index contributed by atoms with van der Waals surface area (Å²) < 4.78 is 2.32. The van der Waals surface area contributed by atoms with Gasteiger partial charge in [0, 0.05) is 33.2 Å². The Hall–Kier alpha value is -6.06. The Morgan fingerprint density at radius 3 is 1.45 bits per heavy atom. The fraction of sp³-hybridized carbons (Fsp3) is 0.0455. The van der Waals surface area contributed by atoms with Gasteiger partial charge >= 0.3 is 0 Å². The molecule has 0 aliphatic rings. The van der Waals surface area contributed by atoms with Gasteiger partial charge in [0.05, 0.1) is 22.6 Å². The summed E-state index contributed by atoms with van der Waals surface area (Å²) in [5, 5.41) is 1.16. The third kappa shape index (κ3) is 5.12. The largest absolute Gasteiger partial charge is 0.277 e. The lowest BCUT2D eigenvalue weighted by molar-refractivity contribution is 0.974. The first-order valence-electron chi connectivity index (χ1n) is 16.0. The zero-order chi connectivity index (χ0) is 31.7. The molecule has 2 aromatic heterocycles. The molecule has 3 heteroatoms. The van der Waals surface area contributed by atoms with Crippen LogP contribution in [0, 0.1) is 13.8 Å². The number of hydrogen-bond acceptors (Lipinski definition) is 2. The van der Waals surface area contributed by atoms with Crippen molar-refractivity contribution in [3.05, 3.63) is 175 Å². The van der Waals surface area contributed by atoms with Gasteiger partial charge in [-0.2, -0.15) is 0 Å². The molecule has 0 aliphatic carbocycles. The van der Waals surface area contributed by atoms with Crippen LogP contribution in [0.25, 0.3) is 72.9 Å². The van der Waals surface area contributed by atoms with Gasteiger partial charge in [-0.05, 0) is 42.2 Å². The maximum absolute atomic E-state index is 5.38. The summed E-state index contributed by atoms with van der Waals surface area (Å²) >= 11 is 0. The second kappa shape index (κ2) is 12.0.